The third-order valence-electron chi connectivity index (χ3n) is 8.26. The van der Waals surface area contributed by atoms with E-state index in [1.165, 1.54) is 43.5 Å². The molecule has 272 valence electrons. The fourth-order valence-corrected chi connectivity index (χ4v) is 5.46. The summed E-state index contributed by atoms with van der Waals surface area (Å²) in [5, 5.41) is 12.0. The number of alkyl halides is 3. The topological polar surface area (TPSA) is 122 Å². The van der Waals surface area contributed by atoms with E-state index < -0.39 is 42.5 Å². The molecule has 12 heteroatoms. The van der Waals surface area contributed by atoms with Crippen LogP contribution in [0.15, 0.2) is 115 Å². The normalized spacial score (nSPS) is 11.0. The Hall–Kier alpha value is -6.43. The van der Waals surface area contributed by atoms with E-state index in [0.29, 0.717) is 16.9 Å². The molecule has 2 N–H and O–H groups in total. The molecule has 0 radical (unpaired) electrons. The maximum atomic E-state index is 13.6. The van der Waals surface area contributed by atoms with Gasteiger partial charge >= 0.3 is 12.1 Å². The van der Waals surface area contributed by atoms with Crippen molar-refractivity contribution in [3.8, 4) is 22.6 Å². The minimum atomic E-state index is -4.69. The molecule has 0 aliphatic heterocycles. The van der Waals surface area contributed by atoms with Crippen molar-refractivity contribution in [1.29, 1.82) is 0 Å². The molecule has 0 unspecified atom stereocenters. The van der Waals surface area contributed by atoms with Gasteiger partial charge in [-0.15, -0.1) is 0 Å². The van der Waals surface area contributed by atoms with Crippen LogP contribution in [0.2, 0.25) is 0 Å². The number of hydrogen-bond donors (Lipinski definition) is 2. The van der Waals surface area contributed by atoms with Crippen LogP contribution in [-0.2, 0) is 28.7 Å². The van der Waals surface area contributed by atoms with Crippen LogP contribution in [0, 0.1) is 6.92 Å². The highest BCUT2D eigenvalue weighted by Crippen LogP contribution is 2.35. The van der Waals surface area contributed by atoms with Gasteiger partial charge in [-0.1, -0.05) is 72.3 Å². The van der Waals surface area contributed by atoms with Crippen LogP contribution >= 0.6 is 0 Å². The van der Waals surface area contributed by atoms with Gasteiger partial charge in [-0.25, -0.2) is 0 Å². The second-order valence-corrected chi connectivity index (χ2v) is 12.2. The number of nitrogens with zero attached hydrogens (tertiary/aromatic N) is 1. The second kappa shape index (κ2) is 16.7. The average Bonchev–Trinajstić information content (AvgIpc) is 3.14. The first kappa shape index (κ1) is 37.8. The zero-order valence-electron chi connectivity index (χ0n) is 28.8. The Morgan fingerprint density at radius 3 is 1.92 bits per heavy atom. The third-order valence-corrected chi connectivity index (χ3v) is 8.26. The Balaban J connectivity index is 1.16. The Labute approximate surface area is 303 Å². The lowest BCUT2D eigenvalue weighted by Gasteiger charge is -2.21. The summed E-state index contributed by atoms with van der Waals surface area (Å²) in [5.41, 5.74) is 3.44. The maximum absolute atomic E-state index is 13.6. The first-order valence-corrected chi connectivity index (χ1v) is 16.4. The SMILES string of the molecule is COc1ccc(CC(=O)Nc2ccc(C(=O)N(CC(=O)O)Cc3ccc(OCC(=O)c4ccc(-c5ccc(C)cc5)cc4)cc3)cc2)c(C(F)(F)F)c1. The summed E-state index contributed by atoms with van der Waals surface area (Å²) in [7, 11) is 1.24. The van der Waals surface area contributed by atoms with Gasteiger partial charge in [0.25, 0.3) is 5.91 Å². The predicted molar refractivity (Wildman–Crippen MR) is 192 cm³/mol. The Morgan fingerprint density at radius 2 is 1.34 bits per heavy atom. The number of Topliss-reactive ketones (excluding diaryl/α,β-unsaturated/α-hetero) is 1. The van der Waals surface area contributed by atoms with Crippen molar-refractivity contribution in [3.63, 3.8) is 0 Å². The van der Waals surface area contributed by atoms with Crippen molar-refractivity contribution in [2.45, 2.75) is 26.1 Å². The number of halogens is 3. The van der Waals surface area contributed by atoms with Gasteiger partial charge in [-0.2, -0.15) is 13.2 Å². The van der Waals surface area contributed by atoms with Gasteiger partial charge in [0.15, 0.2) is 12.4 Å². The molecule has 2 amide bonds. The number of carbonyl (C=O) groups is 4. The number of amides is 2. The van der Waals surface area contributed by atoms with E-state index >= 15 is 0 Å². The number of hydrogen-bond acceptors (Lipinski definition) is 6. The fourth-order valence-electron chi connectivity index (χ4n) is 5.46. The van der Waals surface area contributed by atoms with E-state index in [1.807, 2.05) is 43.3 Å². The van der Waals surface area contributed by atoms with Gasteiger partial charge in [0.1, 0.15) is 18.0 Å². The zero-order chi connectivity index (χ0) is 38.1. The maximum Gasteiger partial charge on any atom is 0.416 e. The van der Waals surface area contributed by atoms with Crippen molar-refractivity contribution in [1.82, 2.24) is 4.90 Å². The van der Waals surface area contributed by atoms with Gasteiger partial charge in [0, 0.05) is 23.4 Å². The van der Waals surface area contributed by atoms with Crippen molar-refractivity contribution < 1.29 is 46.9 Å². The lowest BCUT2D eigenvalue weighted by Crippen LogP contribution is -2.35. The molecule has 0 aliphatic carbocycles. The Bertz CT molecular complexity index is 2080. The number of aliphatic carboxylic acids is 1. The molecular formula is C41H35F3N2O7. The lowest BCUT2D eigenvalue weighted by molar-refractivity contribution is -0.139. The van der Waals surface area contributed by atoms with Crippen LogP contribution in [0.4, 0.5) is 18.9 Å². The van der Waals surface area contributed by atoms with Crippen molar-refractivity contribution in [3.05, 3.63) is 149 Å². The fraction of sp³-hybridized carbons (Fsp3) is 0.171. The number of ether oxygens (including phenoxy) is 2. The summed E-state index contributed by atoms with van der Waals surface area (Å²) >= 11 is 0. The first-order chi connectivity index (χ1) is 25.3. The standard InChI is InChI=1S/C41H35F3N2O7/c1-26-3-7-28(8-4-26)29-9-11-30(12-10-29)37(47)25-53-34-18-5-27(6-19-34)23-46(24-39(49)50)40(51)31-13-16-33(17-14-31)45-38(48)21-32-15-20-35(52-2)22-36(32)41(42,43)44/h3-20,22H,21,23-25H2,1-2H3,(H,45,48)(H,49,50). The summed E-state index contributed by atoms with van der Waals surface area (Å²) in [5.74, 6) is -2.33. The number of benzene rings is 5. The summed E-state index contributed by atoms with van der Waals surface area (Å²) in [6.45, 7) is 1.16. The van der Waals surface area contributed by atoms with Crippen molar-refractivity contribution >= 4 is 29.3 Å². The molecule has 0 heterocycles. The van der Waals surface area contributed by atoms with E-state index in [9.17, 15) is 37.5 Å². The highest BCUT2D eigenvalue weighted by atomic mass is 19.4. The van der Waals surface area contributed by atoms with Gasteiger partial charge in [-0.05, 0) is 77.7 Å². The Kier molecular flexibility index (Phi) is 11.9. The number of rotatable bonds is 14. The second-order valence-electron chi connectivity index (χ2n) is 12.2. The minimum Gasteiger partial charge on any atom is -0.497 e. The predicted octanol–water partition coefficient (Wildman–Crippen LogP) is 7.86. The van der Waals surface area contributed by atoms with Gasteiger partial charge in [0.05, 0.1) is 19.1 Å². The number of carbonyl (C=O) groups excluding carboxylic acids is 3. The number of ketones is 1. The molecule has 0 aliphatic rings. The smallest absolute Gasteiger partial charge is 0.416 e. The average molecular weight is 725 g/mol. The van der Waals surface area contributed by atoms with Crippen LogP contribution in [0.5, 0.6) is 11.5 Å². The van der Waals surface area contributed by atoms with Crippen LogP contribution < -0.4 is 14.8 Å². The molecule has 9 nitrogen and oxygen atoms in total. The molecule has 0 saturated carbocycles. The number of carboxylic acids is 1. The molecule has 0 saturated heterocycles. The monoisotopic (exact) mass is 724 g/mol. The van der Waals surface area contributed by atoms with Crippen LogP contribution in [0.3, 0.4) is 0 Å². The molecule has 5 aromatic rings. The van der Waals surface area contributed by atoms with E-state index in [-0.39, 0.29) is 41.5 Å². The van der Waals surface area contributed by atoms with Crippen LogP contribution in [-0.4, -0.2) is 53.8 Å². The number of methoxy groups -OCH3 is 1. The summed E-state index contributed by atoms with van der Waals surface area (Å²) < 4.78 is 51.2. The lowest BCUT2D eigenvalue weighted by atomic mass is 10.0. The van der Waals surface area contributed by atoms with Crippen molar-refractivity contribution in [2.75, 3.05) is 25.6 Å². The molecule has 0 spiro atoms. The third kappa shape index (κ3) is 10.3. The van der Waals surface area contributed by atoms with Crippen molar-refractivity contribution in [2.24, 2.45) is 0 Å². The summed E-state index contributed by atoms with van der Waals surface area (Å²) in [6.07, 6.45) is -5.25. The highest BCUT2D eigenvalue weighted by molar-refractivity contribution is 5.98. The molecule has 0 bridgehead atoms. The van der Waals surface area contributed by atoms with Gasteiger partial charge < -0.3 is 24.8 Å². The zero-order valence-corrected chi connectivity index (χ0v) is 28.8. The molecule has 0 atom stereocenters. The van der Waals surface area contributed by atoms with Gasteiger partial charge in [0.2, 0.25) is 5.91 Å². The van der Waals surface area contributed by atoms with E-state index in [2.05, 4.69) is 5.32 Å². The molecule has 5 rings (SSSR count). The highest BCUT2D eigenvalue weighted by Gasteiger charge is 2.34. The van der Waals surface area contributed by atoms with Crippen LogP contribution in [0.25, 0.3) is 11.1 Å². The van der Waals surface area contributed by atoms with E-state index in [0.717, 1.165) is 27.7 Å². The number of anilines is 1. The first-order valence-electron chi connectivity index (χ1n) is 16.4. The quantitative estimate of drug-likeness (QED) is 0.112. The molecule has 53 heavy (non-hydrogen) atoms. The number of carboxylic acid groups (broad SMARTS) is 1. The van der Waals surface area contributed by atoms with E-state index in [1.54, 1.807) is 36.4 Å². The minimum absolute atomic E-state index is 0.00482. The molecular weight excluding hydrogens is 689 g/mol. The van der Waals surface area contributed by atoms with Gasteiger partial charge in [-0.3, -0.25) is 19.2 Å². The molecule has 0 fully saturated rings. The molecule has 5 aromatic carbocycles. The summed E-state index contributed by atoms with van der Waals surface area (Å²) in [4.78, 5) is 51.5. The number of aryl methyl sites for hydroxylation is 1. The van der Waals surface area contributed by atoms with E-state index in [4.69, 9.17) is 9.47 Å². The number of nitrogens with one attached hydrogen (secondary N) is 1. The molecule has 0 aromatic heterocycles. The van der Waals surface area contributed by atoms with Crippen LogP contribution in [0.1, 0.15) is 43.0 Å². The summed E-state index contributed by atoms with van der Waals surface area (Å²) in [6, 6.07) is 30.8. The largest absolute Gasteiger partial charge is 0.497 e. The Morgan fingerprint density at radius 1 is 0.755 bits per heavy atom.